The minimum Gasteiger partial charge on any atom is -0.399 e. The van der Waals surface area contributed by atoms with Crippen molar-refractivity contribution in [2.45, 2.75) is 38.6 Å². The largest absolute Gasteiger partial charge is 0.399 e. The monoisotopic (exact) mass is 242 g/mol. The van der Waals surface area contributed by atoms with E-state index in [0.29, 0.717) is 6.04 Å². The molecule has 0 radical (unpaired) electrons. The first-order valence-corrected chi connectivity index (χ1v) is 6.49. The van der Waals surface area contributed by atoms with Gasteiger partial charge in [-0.2, -0.15) is 0 Å². The van der Waals surface area contributed by atoms with Crippen LogP contribution in [0.4, 0.5) is 5.69 Å². The zero-order chi connectivity index (χ0) is 12.5. The van der Waals surface area contributed by atoms with Gasteiger partial charge in [-0.1, -0.05) is 12.1 Å². The lowest BCUT2D eigenvalue weighted by Crippen LogP contribution is -2.05. The normalized spacial score (nSPS) is 14.9. The lowest BCUT2D eigenvalue weighted by atomic mass is 10.1. The van der Waals surface area contributed by atoms with Gasteiger partial charge in [0.1, 0.15) is 11.6 Å². The summed E-state index contributed by atoms with van der Waals surface area (Å²) in [6.45, 7) is 2.04. The van der Waals surface area contributed by atoms with E-state index in [0.717, 1.165) is 30.2 Å². The molecule has 0 aliphatic heterocycles. The summed E-state index contributed by atoms with van der Waals surface area (Å²) in [5.74, 6) is 2.16. The molecule has 1 aliphatic carbocycles. The molecule has 18 heavy (non-hydrogen) atoms. The van der Waals surface area contributed by atoms with Gasteiger partial charge in [0.05, 0.1) is 0 Å². The summed E-state index contributed by atoms with van der Waals surface area (Å²) in [6, 6.07) is 8.72. The van der Waals surface area contributed by atoms with Crippen molar-refractivity contribution >= 4 is 5.69 Å². The molecule has 0 amide bonds. The predicted molar refractivity (Wildman–Crippen MR) is 71.3 cm³/mol. The van der Waals surface area contributed by atoms with Crippen molar-refractivity contribution in [2.24, 2.45) is 0 Å². The van der Waals surface area contributed by atoms with Crippen molar-refractivity contribution in [1.29, 1.82) is 0 Å². The van der Waals surface area contributed by atoms with Gasteiger partial charge in [-0.15, -0.1) is 10.2 Å². The Hall–Kier alpha value is -1.84. The van der Waals surface area contributed by atoms with Gasteiger partial charge >= 0.3 is 0 Å². The molecule has 0 atom stereocenters. The second-order valence-electron chi connectivity index (χ2n) is 5.01. The zero-order valence-electron chi connectivity index (χ0n) is 10.6. The minimum atomic E-state index is 0.654. The van der Waals surface area contributed by atoms with Crippen LogP contribution in [0, 0.1) is 6.92 Å². The van der Waals surface area contributed by atoms with Crippen molar-refractivity contribution in [3.63, 3.8) is 0 Å². The fourth-order valence-electron chi connectivity index (χ4n) is 2.33. The highest BCUT2D eigenvalue weighted by atomic mass is 15.3. The van der Waals surface area contributed by atoms with Crippen molar-refractivity contribution in [3.05, 3.63) is 41.5 Å². The van der Waals surface area contributed by atoms with Crippen LogP contribution in [0.15, 0.2) is 24.3 Å². The second kappa shape index (κ2) is 4.44. The number of aryl methyl sites for hydroxylation is 3. The molecule has 0 unspecified atom stereocenters. The van der Waals surface area contributed by atoms with Gasteiger partial charge in [-0.05, 0) is 43.9 Å². The van der Waals surface area contributed by atoms with Crippen LogP contribution >= 0.6 is 0 Å². The summed E-state index contributed by atoms with van der Waals surface area (Å²) >= 11 is 0. The molecule has 3 rings (SSSR count). The topological polar surface area (TPSA) is 56.7 Å². The van der Waals surface area contributed by atoms with E-state index in [9.17, 15) is 0 Å². The molecule has 1 heterocycles. The highest BCUT2D eigenvalue weighted by Gasteiger charge is 2.27. The van der Waals surface area contributed by atoms with E-state index in [1.807, 2.05) is 19.1 Å². The third-order valence-corrected chi connectivity index (χ3v) is 3.47. The van der Waals surface area contributed by atoms with Crippen molar-refractivity contribution in [3.8, 4) is 0 Å². The molecule has 1 aliphatic rings. The Bertz CT molecular complexity index is 537. The van der Waals surface area contributed by atoms with E-state index < -0.39 is 0 Å². The first-order valence-electron chi connectivity index (χ1n) is 6.49. The lowest BCUT2D eigenvalue weighted by Gasteiger charge is -2.06. The van der Waals surface area contributed by atoms with Gasteiger partial charge in [-0.3, -0.25) is 0 Å². The Morgan fingerprint density at radius 3 is 2.56 bits per heavy atom. The smallest absolute Gasteiger partial charge is 0.133 e. The number of nitrogens with zero attached hydrogens (tertiary/aromatic N) is 3. The van der Waals surface area contributed by atoms with E-state index in [2.05, 4.69) is 26.9 Å². The SMILES string of the molecule is Cc1nnc(CCc2ccc(N)cc2)n1C1CC1. The van der Waals surface area contributed by atoms with Crippen molar-refractivity contribution in [2.75, 3.05) is 5.73 Å². The van der Waals surface area contributed by atoms with Gasteiger partial charge in [0.25, 0.3) is 0 Å². The van der Waals surface area contributed by atoms with Crippen LogP contribution in [0.5, 0.6) is 0 Å². The van der Waals surface area contributed by atoms with Gasteiger partial charge in [0.15, 0.2) is 0 Å². The van der Waals surface area contributed by atoms with Crippen LogP contribution in [-0.4, -0.2) is 14.8 Å². The third kappa shape index (κ3) is 2.23. The van der Waals surface area contributed by atoms with Crippen LogP contribution in [-0.2, 0) is 12.8 Å². The number of anilines is 1. The van der Waals surface area contributed by atoms with Crippen LogP contribution in [0.2, 0.25) is 0 Å². The van der Waals surface area contributed by atoms with E-state index in [-0.39, 0.29) is 0 Å². The number of nitrogen functional groups attached to an aromatic ring is 1. The van der Waals surface area contributed by atoms with E-state index in [1.54, 1.807) is 0 Å². The maximum absolute atomic E-state index is 5.68. The molecule has 0 saturated heterocycles. The fourth-order valence-corrected chi connectivity index (χ4v) is 2.33. The van der Waals surface area contributed by atoms with Gasteiger partial charge in [0.2, 0.25) is 0 Å². The number of benzene rings is 1. The van der Waals surface area contributed by atoms with E-state index >= 15 is 0 Å². The standard InChI is InChI=1S/C14H18N4/c1-10-16-17-14(18(10)13-7-8-13)9-4-11-2-5-12(15)6-3-11/h2-3,5-6,13H,4,7-9,15H2,1H3. The Balaban J connectivity index is 1.71. The average Bonchev–Trinajstić information content (AvgIpc) is 3.13. The van der Waals surface area contributed by atoms with Crippen LogP contribution < -0.4 is 5.73 Å². The highest BCUT2D eigenvalue weighted by molar-refractivity contribution is 5.39. The van der Waals surface area contributed by atoms with Crippen LogP contribution in [0.1, 0.15) is 36.1 Å². The fraction of sp³-hybridized carbons (Fsp3) is 0.429. The maximum atomic E-state index is 5.68. The summed E-state index contributed by atoms with van der Waals surface area (Å²) in [5, 5.41) is 8.50. The number of nitrogens with two attached hydrogens (primary N) is 1. The van der Waals surface area contributed by atoms with E-state index in [1.165, 1.54) is 18.4 Å². The Kier molecular flexibility index (Phi) is 2.78. The Labute approximate surface area is 107 Å². The number of rotatable bonds is 4. The summed E-state index contributed by atoms with van der Waals surface area (Å²) in [6.07, 6.45) is 4.48. The molecule has 4 nitrogen and oxygen atoms in total. The lowest BCUT2D eigenvalue weighted by molar-refractivity contribution is 0.656. The van der Waals surface area contributed by atoms with Crippen LogP contribution in [0.25, 0.3) is 0 Å². The molecule has 0 bridgehead atoms. The zero-order valence-corrected chi connectivity index (χ0v) is 10.6. The third-order valence-electron chi connectivity index (χ3n) is 3.47. The summed E-state index contributed by atoms with van der Waals surface area (Å²) in [4.78, 5) is 0. The summed E-state index contributed by atoms with van der Waals surface area (Å²) in [5.41, 5.74) is 7.80. The minimum absolute atomic E-state index is 0.654. The van der Waals surface area contributed by atoms with Crippen molar-refractivity contribution in [1.82, 2.24) is 14.8 Å². The molecule has 94 valence electrons. The van der Waals surface area contributed by atoms with Crippen LogP contribution in [0.3, 0.4) is 0 Å². The molecular weight excluding hydrogens is 224 g/mol. The molecule has 0 spiro atoms. The molecule has 1 fully saturated rings. The molecule has 1 saturated carbocycles. The maximum Gasteiger partial charge on any atom is 0.133 e. The second-order valence-corrected chi connectivity index (χ2v) is 5.01. The van der Waals surface area contributed by atoms with Gasteiger partial charge in [0, 0.05) is 18.2 Å². The molecular formula is C14H18N4. The molecule has 1 aromatic carbocycles. The van der Waals surface area contributed by atoms with Gasteiger partial charge in [-0.25, -0.2) is 0 Å². The Morgan fingerprint density at radius 1 is 1.17 bits per heavy atom. The molecule has 2 N–H and O–H groups in total. The number of aromatic nitrogens is 3. The predicted octanol–water partition coefficient (Wildman–Crippen LogP) is 2.29. The molecule has 4 heteroatoms. The average molecular weight is 242 g/mol. The molecule has 1 aromatic heterocycles. The first-order chi connectivity index (χ1) is 8.74. The highest BCUT2D eigenvalue weighted by Crippen LogP contribution is 2.36. The molecule has 2 aromatic rings. The van der Waals surface area contributed by atoms with E-state index in [4.69, 9.17) is 5.73 Å². The first kappa shape index (κ1) is 11.3. The summed E-state index contributed by atoms with van der Waals surface area (Å²) in [7, 11) is 0. The Morgan fingerprint density at radius 2 is 1.89 bits per heavy atom. The van der Waals surface area contributed by atoms with Crippen molar-refractivity contribution < 1.29 is 0 Å². The number of hydrogen-bond donors (Lipinski definition) is 1. The summed E-state index contributed by atoms with van der Waals surface area (Å²) < 4.78 is 2.30. The number of hydrogen-bond acceptors (Lipinski definition) is 3. The quantitative estimate of drug-likeness (QED) is 0.837. The van der Waals surface area contributed by atoms with Gasteiger partial charge < -0.3 is 10.3 Å².